The molecule has 29 heavy (non-hydrogen) atoms. The summed E-state index contributed by atoms with van der Waals surface area (Å²) >= 11 is 0. The predicted octanol–water partition coefficient (Wildman–Crippen LogP) is 3.72. The smallest absolute Gasteiger partial charge is 0.121 e. The largest absolute Gasteiger partial charge is 0.497 e. The lowest BCUT2D eigenvalue weighted by molar-refractivity contribution is 0.209. The molecule has 1 aromatic heterocycles. The third kappa shape index (κ3) is 4.48. The molecule has 0 unspecified atom stereocenters. The Morgan fingerprint density at radius 3 is 2.41 bits per heavy atom. The zero-order valence-corrected chi connectivity index (χ0v) is 17.5. The van der Waals surface area contributed by atoms with Crippen molar-refractivity contribution in [1.29, 1.82) is 0 Å². The Hall–Kier alpha value is -2.73. The summed E-state index contributed by atoms with van der Waals surface area (Å²) in [6.45, 7) is 3.18. The van der Waals surface area contributed by atoms with E-state index in [1.165, 1.54) is 18.5 Å². The number of aromatic nitrogens is 2. The van der Waals surface area contributed by atoms with Crippen LogP contribution in [0.4, 0.5) is 5.69 Å². The molecule has 0 saturated carbocycles. The number of H-pyrrole nitrogens is 1. The van der Waals surface area contributed by atoms with Gasteiger partial charge in [0.25, 0.3) is 0 Å². The number of aromatic amines is 1. The van der Waals surface area contributed by atoms with Crippen LogP contribution in [-0.2, 0) is 6.42 Å². The van der Waals surface area contributed by atoms with E-state index in [-0.39, 0.29) is 0 Å². The highest BCUT2D eigenvalue weighted by atomic mass is 16.5. The standard InChI is InChI=1S/C23H30N4O2/c1-26(13-12-23-24-21-9-8-20(29-3)16-22(21)25-23)17-10-14-27(15-11-17)18-4-6-19(28-2)7-5-18/h4-9,16-17H,10-15H2,1-3H3,(H,24,25). The molecule has 1 aliphatic rings. The van der Waals surface area contributed by atoms with E-state index in [9.17, 15) is 0 Å². The molecule has 3 aromatic rings. The van der Waals surface area contributed by atoms with E-state index >= 15 is 0 Å². The maximum Gasteiger partial charge on any atom is 0.121 e. The van der Waals surface area contributed by atoms with Crippen LogP contribution in [0.1, 0.15) is 18.7 Å². The molecule has 1 fully saturated rings. The van der Waals surface area contributed by atoms with Crippen LogP contribution < -0.4 is 14.4 Å². The number of hydrogen-bond donors (Lipinski definition) is 1. The number of hydrogen-bond acceptors (Lipinski definition) is 5. The van der Waals surface area contributed by atoms with Gasteiger partial charge in [0, 0.05) is 43.9 Å². The number of imidazole rings is 1. The Morgan fingerprint density at radius 1 is 1.03 bits per heavy atom. The third-order valence-corrected chi connectivity index (χ3v) is 5.96. The quantitative estimate of drug-likeness (QED) is 0.662. The molecule has 0 spiro atoms. The fraction of sp³-hybridized carbons (Fsp3) is 0.435. The first-order chi connectivity index (χ1) is 14.2. The summed E-state index contributed by atoms with van der Waals surface area (Å²) in [7, 11) is 5.63. The molecule has 2 heterocycles. The molecule has 0 amide bonds. The van der Waals surface area contributed by atoms with Gasteiger partial charge in [0.15, 0.2) is 0 Å². The fourth-order valence-electron chi connectivity index (χ4n) is 4.11. The first-order valence-corrected chi connectivity index (χ1v) is 10.3. The molecule has 6 heteroatoms. The predicted molar refractivity (Wildman–Crippen MR) is 117 cm³/mol. The van der Waals surface area contributed by atoms with Crippen molar-refractivity contribution in [3.05, 3.63) is 48.3 Å². The fourth-order valence-corrected chi connectivity index (χ4v) is 4.11. The second-order valence-electron chi connectivity index (χ2n) is 7.71. The molecule has 154 valence electrons. The van der Waals surface area contributed by atoms with Gasteiger partial charge < -0.3 is 24.3 Å². The lowest BCUT2D eigenvalue weighted by atomic mass is 10.0. The van der Waals surface area contributed by atoms with Gasteiger partial charge in [-0.15, -0.1) is 0 Å². The van der Waals surface area contributed by atoms with Gasteiger partial charge >= 0.3 is 0 Å². The summed E-state index contributed by atoms with van der Waals surface area (Å²) in [5.41, 5.74) is 3.32. The highest BCUT2D eigenvalue weighted by Gasteiger charge is 2.22. The number of fused-ring (bicyclic) bond motifs is 1. The van der Waals surface area contributed by atoms with Crippen molar-refractivity contribution in [1.82, 2.24) is 14.9 Å². The molecule has 0 aliphatic carbocycles. The molecular weight excluding hydrogens is 364 g/mol. The number of likely N-dealkylation sites (N-methyl/N-ethyl adjacent to an activating group) is 1. The summed E-state index contributed by atoms with van der Waals surface area (Å²) in [5, 5.41) is 0. The van der Waals surface area contributed by atoms with Crippen molar-refractivity contribution in [2.75, 3.05) is 45.8 Å². The highest BCUT2D eigenvalue weighted by molar-refractivity contribution is 5.76. The average molecular weight is 395 g/mol. The molecule has 0 bridgehead atoms. The second-order valence-corrected chi connectivity index (χ2v) is 7.71. The van der Waals surface area contributed by atoms with Gasteiger partial charge in [-0.2, -0.15) is 0 Å². The van der Waals surface area contributed by atoms with Crippen molar-refractivity contribution in [3.8, 4) is 11.5 Å². The van der Waals surface area contributed by atoms with Gasteiger partial charge in [0.05, 0.1) is 25.3 Å². The third-order valence-electron chi connectivity index (χ3n) is 5.96. The van der Waals surface area contributed by atoms with Crippen LogP contribution >= 0.6 is 0 Å². The van der Waals surface area contributed by atoms with E-state index in [1.807, 2.05) is 30.3 Å². The summed E-state index contributed by atoms with van der Waals surface area (Å²) in [6, 6.07) is 15.0. The molecular formula is C23H30N4O2. The molecule has 1 N–H and O–H groups in total. The zero-order chi connectivity index (χ0) is 20.2. The van der Waals surface area contributed by atoms with E-state index in [0.717, 1.165) is 54.4 Å². The van der Waals surface area contributed by atoms with Gasteiger partial charge in [-0.3, -0.25) is 0 Å². The van der Waals surface area contributed by atoms with E-state index < -0.39 is 0 Å². The van der Waals surface area contributed by atoms with E-state index in [1.54, 1.807) is 14.2 Å². The maximum atomic E-state index is 5.30. The molecule has 1 saturated heterocycles. The number of nitrogens with one attached hydrogen (secondary N) is 1. The Kier molecular flexibility index (Phi) is 5.90. The Balaban J connectivity index is 1.29. The SMILES string of the molecule is COc1ccc(N2CCC(N(C)CCc3nc4ccc(OC)cc4[nH]3)CC2)cc1. The number of methoxy groups -OCH3 is 2. The summed E-state index contributed by atoms with van der Waals surface area (Å²) in [5.74, 6) is 2.80. The van der Waals surface area contributed by atoms with Crippen LogP contribution in [0.25, 0.3) is 11.0 Å². The number of benzene rings is 2. The van der Waals surface area contributed by atoms with Crippen LogP contribution in [0.15, 0.2) is 42.5 Å². The van der Waals surface area contributed by atoms with Crippen molar-refractivity contribution in [2.45, 2.75) is 25.3 Å². The Labute approximate surface area is 172 Å². The first kappa shape index (κ1) is 19.6. The number of piperidine rings is 1. The molecule has 2 aromatic carbocycles. The van der Waals surface area contributed by atoms with Crippen LogP contribution in [0, 0.1) is 0 Å². The minimum Gasteiger partial charge on any atom is -0.497 e. The Bertz CT molecular complexity index is 930. The molecule has 1 aliphatic heterocycles. The van der Waals surface area contributed by atoms with Crippen molar-refractivity contribution in [2.24, 2.45) is 0 Å². The van der Waals surface area contributed by atoms with Crippen LogP contribution in [0.5, 0.6) is 11.5 Å². The van der Waals surface area contributed by atoms with Gasteiger partial charge in [-0.25, -0.2) is 4.98 Å². The number of anilines is 1. The van der Waals surface area contributed by atoms with Crippen LogP contribution in [-0.4, -0.2) is 61.8 Å². The zero-order valence-electron chi connectivity index (χ0n) is 17.5. The molecule has 4 rings (SSSR count). The molecule has 0 atom stereocenters. The summed E-state index contributed by atoms with van der Waals surface area (Å²) in [6.07, 6.45) is 3.28. The van der Waals surface area contributed by atoms with E-state index in [0.29, 0.717) is 6.04 Å². The lowest BCUT2D eigenvalue weighted by Crippen LogP contribution is -2.44. The summed E-state index contributed by atoms with van der Waals surface area (Å²) < 4.78 is 10.6. The monoisotopic (exact) mass is 394 g/mol. The van der Waals surface area contributed by atoms with Crippen molar-refractivity contribution < 1.29 is 9.47 Å². The van der Waals surface area contributed by atoms with Crippen molar-refractivity contribution in [3.63, 3.8) is 0 Å². The molecule has 0 radical (unpaired) electrons. The topological polar surface area (TPSA) is 53.6 Å². The number of ether oxygens (including phenoxy) is 2. The minimum absolute atomic E-state index is 0.619. The normalized spacial score (nSPS) is 15.2. The van der Waals surface area contributed by atoms with Gasteiger partial charge in [-0.1, -0.05) is 0 Å². The first-order valence-electron chi connectivity index (χ1n) is 10.3. The highest BCUT2D eigenvalue weighted by Crippen LogP contribution is 2.24. The van der Waals surface area contributed by atoms with Gasteiger partial charge in [-0.05, 0) is 56.3 Å². The average Bonchev–Trinajstić information content (AvgIpc) is 3.19. The van der Waals surface area contributed by atoms with Crippen LogP contribution in [0.2, 0.25) is 0 Å². The lowest BCUT2D eigenvalue weighted by Gasteiger charge is -2.37. The van der Waals surface area contributed by atoms with Gasteiger partial charge in [0.1, 0.15) is 17.3 Å². The van der Waals surface area contributed by atoms with Crippen molar-refractivity contribution >= 4 is 16.7 Å². The van der Waals surface area contributed by atoms with Gasteiger partial charge in [0.2, 0.25) is 0 Å². The summed E-state index contributed by atoms with van der Waals surface area (Å²) in [4.78, 5) is 13.1. The molecule has 6 nitrogen and oxygen atoms in total. The Morgan fingerprint density at radius 2 is 1.72 bits per heavy atom. The minimum atomic E-state index is 0.619. The maximum absolute atomic E-state index is 5.30. The van der Waals surface area contributed by atoms with Crippen LogP contribution in [0.3, 0.4) is 0 Å². The number of rotatable bonds is 7. The van der Waals surface area contributed by atoms with E-state index in [4.69, 9.17) is 14.5 Å². The number of nitrogens with zero attached hydrogens (tertiary/aromatic N) is 3. The van der Waals surface area contributed by atoms with E-state index in [2.05, 4.69) is 34.0 Å². The second kappa shape index (κ2) is 8.74.